The Kier molecular flexibility index (Phi) is 1.74. The van der Waals surface area contributed by atoms with Gasteiger partial charge >= 0.3 is 0 Å². The first-order valence-corrected chi connectivity index (χ1v) is 5.07. The van der Waals surface area contributed by atoms with Crippen molar-refractivity contribution in [1.29, 1.82) is 0 Å². The Bertz CT molecular complexity index is 513. The number of amides is 1. The molecule has 0 unspecified atom stereocenters. The Morgan fingerprint density at radius 1 is 1.47 bits per heavy atom. The zero-order valence-electron chi connectivity index (χ0n) is 8.16. The molecule has 2 heterocycles. The van der Waals surface area contributed by atoms with E-state index >= 15 is 0 Å². The molecule has 1 aliphatic rings. The lowest BCUT2D eigenvalue weighted by Crippen LogP contribution is -2.14. The van der Waals surface area contributed by atoms with Crippen LogP contribution >= 0.6 is 0 Å². The summed E-state index contributed by atoms with van der Waals surface area (Å²) in [5.74, 6) is 0.961. The van der Waals surface area contributed by atoms with Gasteiger partial charge < -0.3 is 10.3 Å². The average Bonchev–Trinajstić information content (AvgIpc) is 2.97. The highest BCUT2D eigenvalue weighted by Crippen LogP contribution is 2.30. The highest BCUT2D eigenvalue weighted by atomic mass is 16.2. The van der Waals surface area contributed by atoms with E-state index in [-0.39, 0.29) is 11.8 Å². The van der Waals surface area contributed by atoms with Gasteiger partial charge in [-0.15, -0.1) is 0 Å². The van der Waals surface area contributed by atoms with Crippen molar-refractivity contribution in [2.24, 2.45) is 5.92 Å². The van der Waals surface area contributed by atoms with Gasteiger partial charge in [-0.1, -0.05) is 0 Å². The van der Waals surface area contributed by atoms with Crippen LogP contribution in [0.3, 0.4) is 0 Å². The van der Waals surface area contributed by atoms with Gasteiger partial charge in [0.1, 0.15) is 5.82 Å². The average molecular weight is 201 g/mol. The lowest BCUT2D eigenvalue weighted by molar-refractivity contribution is -0.117. The summed E-state index contributed by atoms with van der Waals surface area (Å²) in [6, 6.07) is 3.81. The number of fused-ring (bicyclic) bond motifs is 1. The molecule has 2 aromatic rings. The minimum atomic E-state index is 0.0937. The van der Waals surface area contributed by atoms with E-state index in [4.69, 9.17) is 0 Å². The number of nitrogens with zero attached hydrogens (tertiary/aromatic N) is 1. The van der Waals surface area contributed by atoms with Crippen molar-refractivity contribution in [2.75, 3.05) is 5.32 Å². The van der Waals surface area contributed by atoms with Crippen LogP contribution in [0.25, 0.3) is 10.9 Å². The summed E-state index contributed by atoms with van der Waals surface area (Å²) < 4.78 is 0. The van der Waals surface area contributed by atoms with Crippen molar-refractivity contribution in [3.63, 3.8) is 0 Å². The summed E-state index contributed by atoms with van der Waals surface area (Å²) in [6.45, 7) is 0. The summed E-state index contributed by atoms with van der Waals surface area (Å²) in [5, 5.41) is 3.83. The molecule has 15 heavy (non-hydrogen) atoms. The SMILES string of the molecule is O=C(Nc1nccc2[nH]ccc12)C1CC1. The molecule has 0 saturated heterocycles. The van der Waals surface area contributed by atoms with Crippen LogP contribution in [0.15, 0.2) is 24.5 Å². The van der Waals surface area contributed by atoms with E-state index in [2.05, 4.69) is 15.3 Å². The van der Waals surface area contributed by atoms with Gasteiger partial charge in [-0.2, -0.15) is 0 Å². The van der Waals surface area contributed by atoms with E-state index in [0.717, 1.165) is 23.7 Å². The number of carbonyl (C=O) groups excluding carboxylic acids is 1. The summed E-state index contributed by atoms with van der Waals surface area (Å²) >= 11 is 0. The fourth-order valence-corrected chi connectivity index (χ4v) is 1.65. The Labute approximate surface area is 86.7 Å². The molecule has 0 atom stereocenters. The molecule has 0 aliphatic heterocycles. The van der Waals surface area contributed by atoms with Crippen LogP contribution in [0.1, 0.15) is 12.8 Å². The van der Waals surface area contributed by atoms with E-state index < -0.39 is 0 Å². The molecule has 4 nitrogen and oxygen atoms in total. The number of anilines is 1. The third-order valence-electron chi connectivity index (χ3n) is 2.67. The fourth-order valence-electron chi connectivity index (χ4n) is 1.65. The first kappa shape index (κ1) is 8.47. The van der Waals surface area contributed by atoms with Gasteiger partial charge in [0.05, 0.1) is 5.52 Å². The Balaban J connectivity index is 1.95. The van der Waals surface area contributed by atoms with E-state index in [1.54, 1.807) is 6.20 Å². The normalized spacial score (nSPS) is 15.5. The van der Waals surface area contributed by atoms with Gasteiger partial charge in [0.25, 0.3) is 0 Å². The van der Waals surface area contributed by atoms with Crippen LogP contribution in [0.2, 0.25) is 0 Å². The summed E-state index contributed by atoms with van der Waals surface area (Å²) in [4.78, 5) is 18.8. The minimum absolute atomic E-state index is 0.0937. The van der Waals surface area contributed by atoms with Crippen molar-refractivity contribution in [2.45, 2.75) is 12.8 Å². The number of aromatic nitrogens is 2. The number of hydrogen-bond acceptors (Lipinski definition) is 2. The molecule has 0 radical (unpaired) electrons. The minimum Gasteiger partial charge on any atom is -0.361 e. The van der Waals surface area contributed by atoms with Crippen LogP contribution in [-0.2, 0) is 4.79 Å². The lowest BCUT2D eigenvalue weighted by atomic mass is 10.3. The number of H-pyrrole nitrogens is 1. The van der Waals surface area contributed by atoms with E-state index in [1.165, 1.54) is 0 Å². The van der Waals surface area contributed by atoms with Crippen molar-refractivity contribution < 1.29 is 4.79 Å². The summed E-state index contributed by atoms with van der Waals surface area (Å²) in [5.41, 5.74) is 0.996. The fraction of sp³-hybridized carbons (Fsp3) is 0.273. The predicted molar refractivity (Wildman–Crippen MR) is 57.4 cm³/mol. The molecule has 0 spiro atoms. The van der Waals surface area contributed by atoms with Crippen molar-refractivity contribution >= 4 is 22.6 Å². The molecule has 2 aromatic heterocycles. The number of hydrogen-bond donors (Lipinski definition) is 2. The first-order valence-electron chi connectivity index (χ1n) is 5.07. The zero-order valence-corrected chi connectivity index (χ0v) is 8.16. The zero-order chi connectivity index (χ0) is 10.3. The predicted octanol–water partition coefficient (Wildman–Crippen LogP) is 1.91. The van der Waals surface area contributed by atoms with Gasteiger partial charge in [0.15, 0.2) is 0 Å². The molecule has 0 bridgehead atoms. The van der Waals surface area contributed by atoms with Gasteiger partial charge in [-0.25, -0.2) is 4.98 Å². The van der Waals surface area contributed by atoms with Crippen LogP contribution in [0.4, 0.5) is 5.82 Å². The topological polar surface area (TPSA) is 57.8 Å². The molecule has 3 rings (SSSR count). The third-order valence-corrected chi connectivity index (χ3v) is 2.67. The molecule has 1 aliphatic carbocycles. The van der Waals surface area contributed by atoms with Crippen LogP contribution in [0.5, 0.6) is 0 Å². The lowest BCUT2D eigenvalue weighted by Gasteiger charge is -2.03. The third kappa shape index (κ3) is 1.48. The second-order valence-corrected chi connectivity index (χ2v) is 3.86. The first-order chi connectivity index (χ1) is 7.34. The number of nitrogens with one attached hydrogen (secondary N) is 2. The Morgan fingerprint density at radius 3 is 3.13 bits per heavy atom. The van der Waals surface area contributed by atoms with Gasteiger partial charge in [0, 0.05) is 23.7 Å². The molecule has 76 valence electrons. The van der Waals surface area contributed by atoms with Crippen LogP contribution < -0.4 is 5.32 Å². The molecular weight excluding hydrogens is 190 g/mol. The Hall–Kier alpha value is -1.84. The van der Waals surface area contributed by atoms with Crippen LogP contribution in [-0.4, -0.2) is 15.9 Å². The number of carbonyl (C=O) groups is 1. The van der Waals surface area contributed by atoms with E-state index in [1.807, 2.05) is 18.3 Å². The highest BCUT2D eigenvalue weighted by molar-refractivity contribution is 6.00. The van der Waals surface area contributed by atoms with Gasteiger partial charge in [-0.05, 0) is 25.0 Å². The maximum atomic E-state index is 11.6. The standard InChI is InChI=1S/C11H11N3O/c15-11(7-1-2-7)14-10-8-3-5-12-9(8)4-6-13-10/h3-7,12H,1-2H2,(H,13,14,15). The molecule has 1 saturated carbocycles. The number of pyridine rings is 1. The number of rotatable bonds is 2. The molecule has 2 N–H and O–H groups in total. The molecule has 1 amide bonds. The van der Waals surface area contributed by atoms with E-state index in [0.29, 0.717) is 5.82 Å². The maximum absolute atomic E-state index is 11.6. The van der Waals surface area contributed by atoms with Gasteiger partial charge in [0.2, 0.25) is 5.91 Å². The summed E-state index contributed by atoms with van der Waals surface area (Å²) in [6.07, 6.45) is 5.56. The summed E-state index contributed by atoms with van der Waals surface area (Å²) in [7, 11) is 0. The molecule has 4 heteroatoms. The van der Waals surface area contributed by atoms with Crippen molar-refractivity contribution in [3.8, 4) is 0 Å². The van der Waals surface area contributed by atoms with Crippen LogP contribution in [0, 0.1) is 5.92 Å². The molecule has 1 fully saturated rings. The highest BCUT2D eigenvalue weighted by Gasteiger charge is 2.30. The quantitative estimate of drug-likeness (QED) is 0.779. The van der Waals surface area contributed by atoms with Crippen molar-refractivity contribution in [1.82, 2.24) is 9.97 Å². The maximum Gasteiger partial charge on any atom is 0.228 e. The second-order valence-electron chi connectivity index (χ2n) is 3.86. The van der Waals surface area contributed by atoms with E-state index in [9.17, 15) is 4.79 Å². The molecule has 0 aromatic carbocycles. The largest absolute Gasteiger partial charge is 0.361 e. The monoisotopic (exact) mass is 201 g/mol. The smallest absolute Gasteiger partial charge is 0.228 e. The molecular formula is C11H11N3O. The second kappa shape index (κ2) is 3.08. The Morgan fingerprint density at radius 2 is 2.33 bits per heavy atom. The van der Waals surface area contributed by atoms with Crippen molar-refractivity contribution in [3.05, 3.63) is 24.5 Å². The van der Waals surface area contributed by atoms with Gasteiger partial charge in [-0.3, -0.25) is 4.79 Å². The number of aromatic amines is 1.